The minimum Gasteiger partial charge on any atom is -0.410 e. The Hall–Kier alpha value is -1.84. The molecule has 0 atom stereocenters. The highest BCUT2D eigenvalue weighted by molar-refractivity contribution is 6.00. The van der Waals surface area contributed by atoms with Gasteiger partial charge in [0.05, 0.1) is 0 Å². The van der Waals surface area contributed by atoms with Crippen LogP contribution in [-0.2, 0) is 6.42 Å². The van der Waals surface area contributed by atoms with Crippen LogP contribution in [0.3, 0.4) is 0 Å². The molecule has 2 aliphatic carbocycles. The van der Waals surface area contributed by atoms with E-state index in [2.05, 4.69) is 5.32 Å². The van der Waals surface area contributed by atoms with Crippen molar-refractivity contribution in [2.45, 2.75) is 51.0 Å². The summed E-state index contributed by atoms with van der Waals surface area (Å²) in [7, 11) is 0. The lowest BCUT2D eigenvalue weighted by atomic mass is 9.96. The fraction of sp³-hybridized carbons (Fsp3) is 0.500. The van der Waals surface area contributed by atoms with Gasteiger partial charge in [0.1, 0.15) is 5.75 Å². The van der Waals surface area contributed by atoms with Crippen LogP contribution in [-0.4, -0.2) is 17.9 Å². The van der Waals surface area contributed by atoms with Crippen molar-refractivity contribution in [3.63, 3.8) is 0 Å². The fourth-order valence-corrected chi connectivity index (χ4v) is 3.05. The number of fused-ring (bicyclic) bond motifs is 1. The van der Waals surface area contributed by atoms with E-state index in [1.54, 1.807) is 18.2 Å². The van der Waals surface area contributed by atoms with Gasteiger partial charge in [-0.3, -0.25) is 4.79 Å². The summed E-state index contributed by atoms with van der Waals surface area (Å²) in [4.78, 5) is 23.4. The molecular weight excluding hydrogens is 254 g/mol. The van der Waals surface area contributed by atoms with Gasteiger partial charge in [0.25, 0.3) is 0 Å². The number of hydrogen-bond acceptors (Lipinski definition) is 3. The number of ether oxygens (including phenoxy) is 1. The monoisotopic (exact) mass is 273 g/mol. The van der Waals surface area contributed by atoms with Crippen molar-refractivity contribution in [3.8, 4) is 5.75 Å². The molecule has 0 bridgehead atoms. The summed E-state index contributed by atoms with van der Waals surface area (Å²) < 4.78 is 5.32. The average molecular weight is 273 g/mol. The standard InChI is InChI=1S/C16H19NO3/c18-15-9-6-11-10-13(7-8-14(11)15)20-16(19)17-12-4-2-1-3-5-12/h7-8,10,12H,1-6,9H2,(H,17,19). The lowest BCUT2D eigenvalue weighted by Gasteiger charge is -2.22. The van der Waals surface area contributed by atoms with E-state index in [9.17, 15) is 9.59 Å². The highest BCUT2D eigenvalue weighted by atomic mass is 16.6. The zero-order valence-electron chi connectivity index (χ0n) is 11.5. The van der Waals surface area contributed by atoms with E-state index in [4.69, 9.17) is 4.74 Å². The molecule has 0 aromatic heterocycles. The number of hydrogen-bond donors (Lipinski definition) is 1. The van der Waals surface area contributed by atoms with Crippen molar-refractivity contribution in [1.82, 2.24) is 5.32 Å². The zero-order chi connectivity index (χ0) is 13.9. The summed E-state index contributed by atoms with van der Waals surface area (Å²) in [6.45, 7) is 0. The van der Waals surface area contributed by atoms with Crippen molar-refractivity contribution in [2.75, 3.05) is 0 Å². The smallest absolute Gasteiger partial charge is 0.410 e. The van der Waals surface area contributed by atoms with Crippen LogP contribution in [0.2, 0.25) is 0 Å². The second-order valence-electron chi connectivity index (χ2n) is 5.61. The van der Waals surface area contributed by atoms with Crippen molar-refractivity contribution in [3.05, 3.63) is 29.3 Å². The molecule has 2 aliphatic rings. The molecule has 1 saturated carbocycles. The molecule has 1 aromatic rings. The topological polar surface area (TPSA) is 55.4 Å². The Labute approximate surface area is 118 Å². The molecule has 20 heavy (non-hydrogen) atoms. The first-order valence-corrected chi connectivity index (χ1v) is 7.37. The quantitative estimate of drug-likeness (QED) is 0.900. The van der Waals surface area contributed by atoms with E-state index in [1.807, 2.05) is 0 Å². The van der Waals surface area contributed by atoms with Crippen molar-refractivity contribution in [2.24, 2.45) is 0 Å². The van der Waals surface area contributed by atoms with Crippen LogP contribution in [0, 0.1) is 0 Å². The van der Waals surface area contributed by atoms with Gasteiger partial charge in [-0.05, 0) is 43.0 Å². The summed E-state index contributed by atoms with van der Waals surface area (Å²) in [6, 6.07) is 5.50. The molecule has 1 N–H and O–H groups in total. The van der Waals surface area contributed by atoms with Crippen LogP contribution >= 0.6 is 0 Å². The molecule has 4 heteroatoms. The number of nitrogens with one attached hydrogen (secondary N) is 1. The first kappa shape index (κ1) is 13.2. The van der Waals surface area contributed by atoms with Crippen LogP contribution in [0.25, 0.3) is 0 Å². The fourth-order valence-electron chi connectivity index (χ4n) is 3.05. The number of Topliss-reactive ketones (excluding diaryl/α,β-unsaturated/α-hetero) is 1. The molecule has 4 nitrogen and oxygen atoms in total. The summed E-state index contributed by atoms with van der Waals surface area (Å²) in [6.07, 6.45) is 6.59. The van der Waals surface area contributed by atoms with Crippen LogP contribution in [0.15, 0.2) is 18.2 Å². The van der Waals surface area contributed by atoms with Gasteiger partial charge in [0.15, 0.2) is 5.78 Å². The van der Waals surface area contributed by atoms with E-state index >= 15 is 0 Å². The number of carbonyl (C=O) groups excluding carboxylic acids is 2. The predicted octanol–water partition coefficient (Wildman–Crippen LogP) is 3.24. The Balaban J connectivity index is 1.60. The molecule has 0 aliphatic heterocycles. The highest BCUT2D eigenvalue weighted by Gasteiger charge is 2.21. The third-order valence-corrected chi connectivity index (χ3v) is 4.14. The van der Waals surface area contributed by atoms with Crippen LogP contribution in [0.1, 0.15) is 54.4 Å². The second-order valence-corrected chi connectivity index (χ2v) is 5.61. The van der Waals surface area contributed by atoms with Crippen LogP contribution in [0.4, 0.5) is 4.79 Å². The first-order valence-electron chi connectivity index (χ1n) is 7.37. The van der Waals surface area contributed by atoms with Crippen LogP contribution < -0.4 is 10.1 Å². The third kappa shape index (κ3) is 2.84. The van der Waals surface area contributed by atoms with E-state index in [0.29, 0.717) is 12.2 Å². The molecule has 0 spiro atoms. The van der Waals surface area contributed by atoms with Gasteiger partial charge >= 0.3 is 6.09 Å². The third-order valence-electron chi connectivity index (χ3n) is 4.14. The van der Waals surface area contributed by atoms with Crippen molar-refractivity contribution < 1.29 is 14.3 Å². The second kappa shape index (κ2) is 5.65. The number of rotatable bonds is 2. The molecule has 1 fully saturated rings. The summed E-state index contributed by atoms with van der Waals surface area (Å²) in [5, 5.41) is 2.92. The Bertz CT molecular complexity index is 533. The van der Waals surface area contributed by atoms with Gasteiger partial charge in [-0.15, -0.1) is 0 Å². The molecule has 0 saturated heterocycles. The highest BCUT2D eigenvalue weighted by Crippen LogP contribution is 2.26. The van der Waals surface area contributed by atoms with E-state index in [1.165, 1.54) is 19.3 Å². The normalized spacial score (nSPS) is 18.7. The van der Waals surface area contributed by atoms with Gasteiger partial charge in [-0.1, -0.05) is 19.3 Å². The molecule has 0 radical (unpaired) electrons. The summed E-state index contributed by atoms with van der Waals surface area (Å²) in [5.74, 6) is 0.699. The molecule has 1 aromatic carbocycles. The number of ketones is 1. The number of amides is 1. The van der Waals surface area contributed by atoms with E-state index < -0.39 is 0 Å². The van der Waals surface area contributed by atoms with E-state index in [0.717, 1.165) is 30.4 Å². The van der Waals surface area contributed by atoms with Crippen molar-refractivity contribution in [1.29, 1.82) is 0 Å². The first-order chi connectivity index (χ1) is 9.72. The number of aryl methyl sites for hydroxylation is 1. The Morgan fingerprint density at radius 3 is 2.75 bits per heavy atom. The molecular formula is C16H19NO3. The summed E-state index contributed by atoms with van der Waals surface area (Å²) >= 11 is 0. The maximum absolute atomic E-state index is 11.8. The summed E-state index contributed by atoms with van der Waals surface area (Å²) in [5.41, 5.74) is 1.75. The lowest BCUT2D eigenvalue weighted by Crippen LogP contribution is -2.38. The Morgan fingerprint density at radius 2 is 1.95 bits per heavy atom. The van der Waals surface area contributed by atoms with Gasteiger partial charge in [0, 0.05) is 18.0 Å². The maximum Gasteiger partial charge on any atom is 0.412 e. The van der Waals surface area contributed by atoms with Crippen molar-refractivity contribution >= 4 is 11.9 Å². The van der Waals surface area contributed by atoms with Gasteiger partial charge in [-0.25, -0.2) is 4.79 Å². The zero-order valence-corrected chi connectivity index (χ0v) is 11.5. The molecule has 0 unspecified atom stereocenters. The minimum absolute atomic E-state index is 0.179. The lowest BCUT2D eigenvalue weighted by molar-refractivity contribution is 0.0994. The van der Waals surface area contributed by atoms with Gasteiger partial charge in [-0.2, -0.15) is 0 Å². The SMILES string of the molecule is O=C(NC1CCCCC1)Oc1ccc2c(c1)CCC2=O. The predicted molar refractivity (Wildman–Crippen MR) is 75.1 cm³/mol. The van der Waals surface area contributed by atoms with Gasteiger partial charge in [0.2, 0.25) is 0 Å². The van der Waals surface area contributed by atoms with E-state index in [-0.39, 0.29) is 17.9 Å². The molecule has 3 rings (SSSR count). The minimum atomic E-state index is -0.388. The Kier molecular flexibility index (Phi) is 3.72. The largest absolute Gasteiger partial charge is 0.412 e. The average Bonchev–Trinajstić information content (AvgIpc) is 2.81. The Morgan fingerprint density at radius 1 is 1.15 bits per heavy atom. The van der Waals surface area contributed by atoms with Gasteiger partial charge < -0.3 is 10.1 Å². The maximum atomic E-state index is 11.8. The molecule has 0 heterocycles. The number of carbonyl (C=O) groups is 2. The molecule has 106 valence electrons. The van der Waals surface area contributed by atoms with Crippen LogP contribution in [0.5, 0.6) is 5.75 Å². The number of benzene rings is 1. The molecule has 1 amide bonds.